The maximum Gasteiger partial charge on any atom is 0.417 e. The molecule has 236 valence electrons. The van der Waals surface area contributed by atoms with Gasteiger partial charge in [-0.15, -0.1) is 11.3 Å². The van der Waals surface area contributed by atoms with E-state index in [-0.39, 0.29) is 61.0 Å². The van der Waals surface area contributed by atoms with E-state index in [0.717, 1.165) is 35.9 Å². The molecule has 5 heterocycles. The number of amides is 1. The standard InChI is InChI=1S/C30H24F5N9OS/c1-42-10-13(9-38-42)28(45)43(2)29-40-24-17(27(41-29)44-11-14-3-4-15(12-44)39-14)7-19(30(33,34)35)22(23(24)32)16-5-6-20(31)25-21(16)18(8-36)26(37)46-25/h5-7,9-10,14-15,39H,3-4,11-12,37H2,1-2H3. The fourth-order valence-corrected chi connectivity index (χ4v) is 7.32. The normalized spacial score (nSPS) is 18.0. The number of fused-ring (bicyclic) bond motifs is 4. The summed E-state index contributed by atoms with van der Waals surface area (Å²) in [4.78, 5) is 25.1. The molecule has 2 saturated heterocycles. The second-order valence-corrected chi connectivity index (χ2v) is 12.5. The fourth-order valence-electron chi connectivity index (χ4n) is 6.37. The summed E-state index contributed by atoms with van der Waals surface area (Å²) in [5.74, 6) is -2.95. The number of carbonyl (C=O) groups excluding carboxylic acids is 1. The highest BCUT2D eigenvalue weighted by Crippen LogP contribution is 2.48. The van der Waals surface area contributed by atoms with Crippen molar-refractivity contribution in [3.05, 3.63) is 58.9 Å². The number of aryl methyl sites for hydroxylation is 1. The lowest BCUT2D eigenvalue weighted by atomic mass is 9.92. The van der Waals surface area contributed by atoms with Crippen LogP contribution in [0.1, 0.15) is 34.3 Å². The van der Waals surface area contributed by atoms with E-state index >= 15 is 4.39 Å². The van der Waals surface area contributed by atoms with Gasteiger partial charge in [-0.1, -0.05) is 6.07 Å². The van der Waals surface area contributed by atoms with E-state index in [4.69, 9.17) is 5.73 Å². The van der Waals surface area contributed by atoms with Gasteiger partial charge in [0.15, 0.2) is 5.82 Å². The molecule has 0 saturated carbocycles. The summed E-state index contributed by atoms with van der Waals surface area (Å²) in [6.45, 7) is 0.788. The average molecular weight is 654 g/mol. The van der Waals surface area contributed by atoms with E-state index in [0.29, 0.717) is 24.4 Å². The first-order valence-corrected chi connectivity index (χ1v) is 15.0. The SMILES string of the molecule is CN(C(=O)c1cnn(C)c1)c1nc(N2CC3CCC(C2)N3)c2cc(C(F)(F)F)c(-c3ccc(F)c4sc(N)c(C#N)c34)c(F)c2n1. The number of halogens is 5. The van der Waals surface area contributed by atoms with E-state index < -0.39 is 40.4 Å². The largest absolute Gasteiger partial charge is 0.417 e. The number of nitrogens with two attached hydrogens (primary N) is 1. The minimum atomic E-state index is -5.08. The van der Waals surface area contributed by atoms with Gasteiger partial charge in [0.25, 0.3) is 5.91 Å². The second-order valence-electron chi connectivity index (χ2n) is 11.4. The van der Waals surface area contributed by atoms with Crippen molar-refractivity contribution in [2.75, 3.05) is 35.7 Å². The second kappa shape index (κ2) is 10.6. The quantitative estimate of drug-likeness (QED) is 0.253. The number of nitriles is 1. The maximum atomic E-state index is 17.0. The molecule has 3 N–H and O–H groups in total. The smallest absolute Gasteiger partial charge is 0.389 e. The molecule has 2 bridgehead atoms. The van der Waals surface area contributed by atoms with Gasteiger partial charge in [0.05, 0.1) is 27.6 Å². The highest BCUT2D eigenvalue weighted by Gasteiger charge is 2.40. The molecule has 0 radical (unpaired) electrons. The first kappa shape index (κ1) is 29.8. The van der Waals surface area contributed by atoms with Crippen molar-refractivity contribution in [3.8, 4) is 17.2 Å². The van der Waals surface area contributed by atoms with Crippen LogP contribution in [0.5, 0.6) is 0 Å². The van der Waals surface area contributed by atoms with E-state index in [1.54, 1.807) is 11.9 Å². The molecule has 10 nitrogen and oxygen atoms in total. The van der Waals surface area contributed by atoms with Crippen LogP contribution in [0, 0.1) is 23.0 Å². The Kier molecular flexibility index (Phi) is 6.87. The van der Waals surface area contributed by atoms with E-state index in [9.17, 15) is 27.6 Å². The Morgan fingerprint density at radius 1 is 1.20 bits per heavy atom. The molecular formula is C30H24F5N9OS. The van der Waals surface area contributed by atoms with Gasteiger partial charge < -0.3 is 16.0 Å². The molecule has 46 heavy (non-hydrogen) atoms. The lowest BCUT2D eigenvalue weighted by Crippen LogP contribution is -2.51. The van der Waals surface area contributed by atoms with Crippen LogP contribution in [0.4, 0.5) is 38.7 Å². The van der Waals surface area contributed by atoms with Crippen LogP contribution < -0.4 is 20.9 Å². The van der Waals surface area contributed by atoms with Crippen LogP contribution in [0.25, 0.3) is 32.1 Å². The molecule has 0 aliphatic carbocycles. The maximum absolute atomic E-state index is 17.0. The van der Waals surface area contributed by atoms with Gasteiger partial charge >= 0.3 is 6.18 Å². The lowest BCUT2D eigenvalue weighted by Gasteiger charge is -2.35. The Labute approximate surface area is 261 Å². The number of nitrogen functional groups attached to an aromatic ring is 1. The molecule has 16 heteroatoms. The number of hydrogen-bond donors (Lipinski definition) is 2. The first-order valence-electron chi connectivity index (χ1n) is 14.2. The van der Waals surface area contributed by atoms with Crippen molar-refractivity contribution in [1.82, 2.24) is 25.1 Å². The number of carbonyl (C=O) groups is 1. The molecule has 5 aromatic rings. The third kappa shape index (κ3) is 4.69. The van der Waals surface area contributed by atoms with Crippen LogP contribution in [0.15, 0.2) is 30.6 Å². The molecule has 1 amide bonds. The Hall–Kier alpha value is -4.88. The highest BCUT2D eigenvalue weighted by atomic mass is 32.1. The zero-order valence-electron chi connectivity index (χ0n) is 24.3. The Balaban J connectivity index is 1.53. The Bertz CT molecular complexity index is 2110. The number of rotatable bonds is 4. The first-order chi connectivity index (χ1) is 21.8. The number of nitrogens with zero attached hydrogens (tertiary/aromatic N) is 7. The number of piperazine rings is 1. The van der Waals surface area contributed by atoms with Crippen LogP contribution in [0.2, 0.25) is 0 Å². The molecule has 3 aromatic heterocycles. The number of aromatic nitrogens is 4. The van der Waals surface area contributed by atoms with Crippen LogP contribution in [-0.2, 0) is 13.2 Å². The van der Waals surface area contributed by atoms with Crippen molar-refractivity contribution < 1.29 is 26.7 Å². The molecule has 2 aliphatic rings. The predicted octanol–water partition coefficient (Wildman–Crippen LogP) is 5.21. The van der Waals surface area contributed by atoms with Crippen molar-refractivity contribution in [1.29, 1.82) is 5.26 Å². The van der Waals surface area contributed by atoms with Gasteiger partial charge in [-0.2, -0.15) is 28.5 Å². The van der Waals surface area contributed by atoms with Gasteiger partial charge in [0.1, 0.15) is 28.2 Å². The summed E-state index contributed by atoms with van der Waals surface area (Å²) in [6.07, 6.45) is -0.558. The summed E-state index contributed by atoms with van der Waals surface area (Å²) in [5, 5.41) is 16.7. The molecule has 0 spiro atoms. The zero-order chi connectivity index (χ0) is 32.7. The van der Waals surface area contributed by atoms with Crippen molar-refractivity contribution in [2.24, 2.45) is 7.05 Å². The number of thiophene rings is 1. The third-order valence-corrected chi connectivity index (χ3v) is 9.50. The molecule has 2 aliphatic heterocycles. The molecular weight excluding hydrogens is 629 g/mol. The summed E-state index contributed by atoms with van der Waals surface area (Å²) < 4.78 is 77.6. The van der Waals surface area contributed by atoms with Crippen LogP contribution >= 0.6 is 11.3 Å². The lowest BCUT2D eigenvalue weighted by molar-refractivity contribution is -0.137. The number of hydrogen-bond acceptors (Lipinski definition) is 9. The average Bonchev–Trinajstić information content (AvgIpc) is 3.71. The van der Waals surface area contributed by atoms with Gasteiger partial charge in [0.2, 0.25) is 5.95 Å². The van der Waals surface area contributed by atoms with Gasteiger partial charge in [-0.3, -0.25) is 14.4 Å². The zero-order valence-corrected chi connectivity index (χ0v) is 25.1. The number of anilines is 3. The molecule has 2 aromatic carbocycles. The molecule has 7 rings (SSSR count). The van der Waals surface area contributed by atoms with Crippen LogP contribution in [0.3, 0.4) is 0 Å². The van der Waals surface area contributed by atoms with Crippen molar-refractivity contribution in [2.45, 2.75) is 31.1 Å². The minimum Gasteiger partial charge on any atom is -0.389 e. The molecule has 2 fully saturated rings. The van der Waals surface area contributed by atoms with Crippen molar-refractivity contribution in [3.63, 3.8) is 0 Å². The third-order valence-electron chi connectivity index (χ3n) is 8.48. The summed E-state index contributed by atoms with van der Waals surface area (Å²) in [7, 11) is 3.00. The summed E-state index contributed by atoms with van der Waals surface area (Å²) in [6, 6.07) is 4.61. The summed E-state index contributed by atoms with van der Waals surface area (Å²) >= 11 is 0.686. The van der Waals surface area contributed by atoms with E-state index in [2.05, 4.69) is 20.4 Å². The van der Waals surface area contributed by atoms with E-state index in [1.165, 1.54) is 24.1 Å². The van der Waals surface area contributed by atoms with Crippen LogP contribution in [-0.4, -0.2) is 57.9 Å². The summed E-state index contributed by atoms with van der Waals surface area (Å²) in [5.41, 5.74) is 2.75. The Morgan fingerprint density at radius 3 is 2.54 bits per heavy atom. The van der Waals surface area contributed by atoms with Gasteiger partial charge in [-0.05, 0) is 30.5 Å². The van der Waals surface area contributed by atoms with Crippen molar-refractivity contribution >= 4 is 55.0 Å². The minimum absolute atomic E-state index is 0.0435. The molecule has 2 unspecified atom stereocenters. The van der Waals surface area contributed by atoms with Gasteiger partial charge in [-0.25, -0.2) is 13.8 Å². The highest BCUT2D eigenvalue weighted by molar-refractivity contribution is 7.23. The monoisotopic (exact) mass is 653 g/mol. The molecule has 2 atom stereocenters. The fraction of sp³-hybridized carbons (Fsp3) is 0.300. The van der Waals surface area contributed by atoms with E-state index in [1.807, 2.05) is 6.07 Å². The number of alkyl halides is 3. The number of benzene rings is 2. The topological polar surface area (TPSA) is 129 Å². The Morgan fingerprint density at radius 2 is 1.91 bits per heavy atom. The van der Waals surface area contributed by atoms with Gasteiger partial charge in [0, 0.05) is 61.8 Å². The number of nitrogens with one attached hydrogen (secondary N) is 1. The predicted molar refractivity (Wildman–Crippen MR) is 163 cm³/mol.